The Hall–Kier alpha value is -2.23. The van der Waals surface area contributed by atoms with Crippen molar-refractivity contribution in [2.24, 2.45) is 0 Å². The van der Waals surface area contributed by atoms with Crippen LogP contribution in [0.1, 0.15) is 22.1 Å². The van der Waals surface area contributed by atoms with Crippen molar-refractivity contribution >= 4 is 35.1 Å². The maximum absolute atomic E-state index is 11.9. The van der Waals surface area contributed by atoms with Crippen molar-refractivity contribution in [2.45, 2.75) is 6.92 Å². The fourth-order valence-corrected chi connectivity index (χ4v) is 2.46. The predicted molar refractivity (Wildman–Crippen MR) is 91.0 cm³/mol. The molecule has 0 radical (unpaired) electrons. The van der Waals surface area contributed by atoms with E-state index in [1.54, 1.807) is 55.5 Å². The van der Waals surface area contributed by atoms with E-state index in [0.29, 0.717) is 38.6 Å². The Labute approximate surface area is 143 Å². The first kappa shape index (κ1) is 15.7. The van der Waals surface area contributed by atoms with E-state index >= 15 is 0 Å². The van der Waals surface area contributed by atoms with E-state index in [4.69, 9.17) is 32.0 Å². The summed E-state index contributed by atoms with van der Waals surface area (Å²) in [4.78, 5) is 11.9. The maximum Gasteiger partial charge on any atom is 0.221 e. The van der Waals surface area contributed by atoms with Gasteiger partial charge < -0.3 is 8.83 Å². The van der Waals surface area contributed by atoms with E-state index in [1.807, 2.05) is 0 Å². The number of carbonyl (C=O) groups excluding carboxylic acids is 1. The number of carbonyl (C=O) groups is 1. The topological polar surface area (TPSA) is 43.4 Å². The summed E-state index contributed by atoms with van der Waals surface area (Å²) in [5.41, 5.74) is 0.701. The molecule has 0 spiro atoms. The molecule has 0 amide bonds. The predicted octanol–water partition coefficient (Wildman–Crippen LogP) is 6.05. The summed E-state index contributed by atoms with van der Waals surface area (Å²) < 4.78 is 11.0. The lowest BCUT2D eigenvalue weighted by Gasteiger charge is -2.00. The van der Waals surface area contributed by atoms with Crippen molar-refractivity contribution in [1.82, 2.24) is 0 Å². The number of hydrogen-bond acceptors (Lipinski definition) is 3. The highest BCUT2D eigenvalue weighted by Gasteiger charge is 2.10. The standard InChI is InChI=1S/C18H12Cl2O3/c1-11-2-8-18(22-11)16(21)7-4-13-5-9-17(23-13)14-10-12(19)3-6-15(14)20/h2-10H,1H3/b7-4+. The Balaban J connectivity index is 1.81. The Kier molecular flexibility index (Phi) is 4.42. The van der Waals surface area contributed by atoms with Crippen LogP contribution in [0.3, 0.4) is 0 Å². The van der Waals surface area contributed by atoms with Gasteiger partial charge in [-0.2, -0.15) is 0 Å². The molecule has 3 nitrogen and oxygen atoms in total. The van der Waals surface area contributed by atoms with E-state index in [1.165, 1.54) is 6.08 Å². The normalized spacial score (nSPS) is 11.3. The van der Waals surface area contributed by atoms with Gasteiger partial charge in [-0.3, -0.25) is 4.79 Å². The Morgan fingerprint density at radius 1 is 1.04 bits per heavy atom. The van der Waals surface area contributed by atoms with E-state index < -0.39 is 0 Å². The molecule has 3 rings (SSSR count). The van der Waals surface area contributed by atoms with Crippen molar-refractivity contribution < 1.29 is 13.6 Å². The average Bonchev–Trinajstić information content (AvgIpc) is 3.16. The van der Waals surface area contributed by atoms with Crippen LogP contribution < -0.4 is 0 Å². The number of allylic oxidation sites excluding steroid dienone is 1. The molecule has 0 saturated heterocycles. The first-order valence-electron chi connectivity index (χ1n) is 6.87. The van der Waals surface area contributed by atoms with Gasteiger partial charge in [0.25, 0.3) is 0 Å². The van der Waals surface area contributed by atoms with Crippen LogP contribution in [-0.2, 0) is 0 Å². The van der Waals surface area contributed by atoms with Crippen LogP contribution in [0.15, 0.2) is 57.4 Å². The highest BCUT2D eigenvalue weighted by molar-refractivity contribution is 6.35. The zero-order valence-corrected chi connectivity index (χ0v) is 13.7. The average molecular weight is 347 g/mol. The quantitative estimate of drug-likeness (QED) is 0.426. The molecule has 0 aliphatic heterocycles. The minimum Gasteiger partial charge on any atom is -0.458 e. The molecule has 1 aromatic carbocycles. The van der Waals surface area contributed by atoms with Gasteiger partial charge in [-0.05, 0) is 61.5 Å². The molecule has 0 aliphatic carbocycles. The molecule has 3 aromatic rings. The van der Waals surface area contributed by atoms with Crippen LogP contribution in [0.2, 0.25) is 10.0 Å². The van der Waals surface area contributed by atoms with Crippen LogP contribution in [0, 0.1) is 6.92 Å². The monoisotopic (exact) mass is 346 g/mol. The smallest absolute Gasteiger partial charge is 0.221 e. The number of furan rings is 2. The summed E-state index contributed by atoms with van der Waals surface area (Å²) in [6, 6.07) is 12.1. The number of ketones is 1. The molecule has 0 saturated carbocycles. The zero-order valence-electron chi connectivity index (χ0n) is 12.2. The number of hydrogen-bond donors (Lipinski definition) is 0. The minimum atomic E-state index is -0.225. The second kappa shape index (κ2) is 6.49. The molecule has 0 unspecified atom stereocenters. The van der Waals surface area contributed by atoms with Gasteiger partial charge in [0.1, 0.15) is 17.3 Å². The molecule has 0 aliphatic rings. The van der Waals surface area contributed by atoms with Gasteiger partial charge in [0.2, 0.25) is 5.78 Å². The lowest BCUT2D eigenvalue weighted by atomic mass is 10.2. The Morgan fingerprint density at radius 2 is 1.87 bits per heavy atom. The third-order valence-electron chi connectivity index (χ3n) is 3.20. The van der Waals surface area contributed by atoms with Crippen molar-refractivity contribution in [3.63, 3.8) is 0 Å². The van der Waals surface area contributed by atoms with Crippen LogP contribution in [-0.4, -0.2) is 5.78 Å². The molecule has 0 bridgehead atoms. The Morgan fingerprint density at radius 3 is 2.61 bits per heavy atom. The number of aryl methyl sites for hydroxylation is 1. The van der Waals surface area contributed by atoms with E-state index in [2.05, 4.69) is 0 Å². The lowest BCUT2D eigenvalue weighted by Crippen LogP contribution is -1.90. The summed E-state index contributed by atoms with van der Waals surface area (Å²) in [5.74, 6) is 1.88. The highest BCUT2D eigenvalue weighted by atomic mass is 35.5. The molecule has 2 aromatic heterocycles. The molecular weight excluding hydrogens is 335 g/mol. The zero-order chi connectivity index (χ0) is 16.4. The first-order chi connectivity index (χ1) is 11.0. The molecule has 116 valence electrons. The fraction of sp³-hybridized carbons (Fsp3) is 0.0556. The minimum absolute atomic E-state index is 0.225. The van der Waals surface area contributed by atoms with Gasteiger partial charge in [0.05, 0.1) is 5.02 Å². The molecule has 23 heavy (non-hydrogen) atoms. The summed E-state index contributed by atoms with van der Waals surface area (Å²) in [6.07, 6.45) is 2.99. The maximum atomic E-state index is 11.9. The van der Waals surface area contributed by atoms with Gasteiger partial charge in [-0.1, -0.05) is 23.2 Å². The summed E-state index contributed by atoms with van der Waals surface area (Å²) in [5, 5.41) is 1.11. The van der Waals surface area contributed by atoms with E-state index in [-0.39, 0.29) is 5.78 Å². The van der Waals surface area contributed by atoms with Crippen LogP contribution in [0.4, 0.5) is 0 Å². The van der Waals surface area contributed by atoms with Crippen LogP contribution >= 0.6 is 23.2 Å². The molecule has 2 heterocycles. The van der Waals surface area contributed by atoms with Gasteiger partial charge in [0, 0.05) is 10.6 Å². The van der Waals surface area contributed by atoms with Gasteiger partial charge in [-0.25, -0.2) is 0 Å². The SMILES string of the molecule is Cc1ccc(C(=O)/C=C/c2ccc(-c3cc(Cl)ccc3Cl)o2)o1. The van der Waals surface area contributed by atoms with Crippen LogP contribution in [0.5, 0.6) is 0 Å². The number of benzene rings is 1. The van der Waals surface area contributed by atoms with Gasteiger partial charge >= 0.3 is 0 Å². The second-order valence-electron chi connectivity index (χ2n) is 4.93. The lowest BCUT2D eigenvalue weighted by molar-refractivity contribution is 0.102. The molecule has 0 atom stereocenters. The van der Waals surface area contributed by atoms with E-state index in [0.717, 1.165) is 0 Å². The Bertz CT molecular complexity index is 887. The van der Waals surface area contributed by atoms with E-state index in [9.17, 15) is 4.79 Å². The van der Waals surface area contributed by atoms with Gasteiger partial charge in [0.15, 0.2) is 5.76 Å². The first-order valence-corrected chi connectivity index (χ1v) is 7.62. The van der Waals surface area contributed by atoms with Crippen molar-refractivity contribution in [3.8, 4) is 11.3 Å². The van der Waals surface area contributed by atoms with Gasteiger partial charge in [-0.15, -0.1) is 0 Å². The molecular formula is C18H12Cl2O3. The second-order valence-corrected chi connectivity index (χ2v) is 5.78. The highest BCUT2D eigenvalue weighted by Crippen LogP contribution is 2.32. The van der Waals surface area contributed by atoms with Crippen LogP contribution in [0.25, 0.3) is 17.4 Å². The molecule has 0 fully saturated rings. The summed E-state index contributed by atoms with van der Waals surface area (Å²) in [6.45, 7) is 1.79. The number of rotatable bonds is 4. The fourth-order valence-electron chi connectivity index (χ4n) is 2.08. The van der Waals surface area contributed by atoms with Crippen molar-refractivity contribution in [3.05, 3.63) is 75.9 Å². The summed E-state index contributed by atoms with van der Waals surface area (Å²) in [7, 11) is 0. The third-order valence-corrected chi connectivity index (χ3v) is 3.77. The largest absolute Gasteiger partial charge is 0.458 e. The third kappa shape index (κ3) is 3.58. The van der Waals surface area contributed by atoms with Crippen molar-refractivity contribution in [1.29, 1.82) is 0 Å². The van der Waals surface area contributed by atoms with Crippen molar-refractivity contribution in [2.75, 3.05) is 0 Å². The summed E-state index contributed by atoms with van der Waals surface area (Å²) >= 11 is 12.1. The number of halogens is 2. The molecule has 0 N–H and O–H groups in total. The molecule has 5 heteroatoms.